The van der Waals surface area contributed by atoms with Crippen molar-refractivity contribution in [2.75, 3.05) is 33.2 Å². The van der Waals surface area contributed by atoms with Crippen LogP contribution in [0, 0.1) is 11.8 Å². The highest BCUT2D eigenvalue weighted by Gasteiger charge is 2.82. The van der Waals surface area contributed by atoms with E-state index in [-0.39, 0.29) is 30.1 Å². The minimum Gasteiger partial charge on any atom is -0.493 e. The number of benzene rings is 1. The fourth-order valence-corrected chi connectivity index (χ4v) is 7.12. The first kappa shape index (κ1) is 17.6. The van der Waals surface area contributed by atoms with Gasteiger partial charge in [-0.25, -0.2) is 0 Å². The Balaban J connectivity index is 1.64. The zero-order valence-electron chi connectivity index (χ0n) is 17.2. The number of hydrogen-bond donors (Lipinski definition) is 1. The van der Waals surface area contributed by atoms with E-state index >= 15 is 0 Å². The molecular formula is C22H26N2O5. The number of methoxy groups -OCH3 is 3. The summed E-state index contributed by atoms with van der Waals surface area (Å²) in [4.78, 5) is 15.8. The van der Waals surface area contributed by atoms with Gasteiger partial charge < -0.3 is 24.3 Å². The fourth-order valence-electron chi connectivity index (χ4n) is 7.12. The molecule has 1 aromatic rings. The van der Waals surface area contributed by atoms with Gasteiger partial charge in [-0.15, -0.1) is 0 Å². The van der Waals surface area contributed by atoms with E-state index in [1.54, 1.807) is 14.2 Å². The maximum atomic E-state index is 13.3. The first-order valence-corrected chi connectivity index (χ1v) is 10.3. The summed E-state index contributed by atoms with van der Waals surface area (Å²) in [5, 5.41) is 3.72. The summed E-state index contributed by atoms with van der Waals surface area (Å²) in [6.45, 7) is 2.92. The second-order valence-corrected chi connectivity index (χ2v) is 8.76. The number of hydrogen-bond acceptors (Lipinski definition) is 7. The van der Waals surface area contributed by atoms with E-state index in [0.29, 0.717) is 11.5 Å². The first-order chi connectivity index (χ1) is 14.0. The van der Waals surface area contributed by atoms with Gasteiger partial charge in [-0.1, -0.05) is 11.6 Å². The number of carbonyl (C=O) groups excluding carboxylic acids is 1. The van der Waals surface area contributed by atoms with Gasteiger partial charge in [0.1, 0.15) is 6.23 Å². The quantitative estimate of drug-likeness (QED) is 0.619. The number of ether oxygens (including phenoxy) is 4. The fraction of sp³-hybridized carbons (Fsp3) is 0.591. The lowest BCUT2D eigenvalue weighted by atomic mass is 9.49. The highest BCUT2D eigenvalue weighted by molar-refractivity contribution is 5.82. The number of fused-ring (bicyclic) bond motifs is 4. The van der Waals surface area contributed by atoms with E-state index < -0.39 is 11.1 Å². The van der Waals surface area contributed by atoms with Gasteiger partial charge in [-0.05, 0) is 30.9 Å². The molecule has 154 valence electrons. The van der Waals surface area contributed by atoms with Crippen molar-refractivity contribution in [1.82, 2.24) is 4.90 Å². The van der Waals surface area contributed by atoms with Crippen LogP contribution in [0.2, 0.25) is 0 Å². The minimum absolute atomic E-state index is 0.00268. The summed E-state index contributed by atoms with van der Waals surface area (Å²) in [6, 6.07) is 4.24. The highest BCUT2D eigenvalue weighted by Crippen LogP contribution is 2.72. The average molecular weight is 398 g/mol. The zero-order chi connectivity index (χ0) is 20.1. The summed E-state index contributed by atoms with van der Waals surface area (Å²) < 4.78 is 23.3. The first-order valence-electron chi connectivity index (χ1n) is 10.3. The van der Waals surface area contributed by atoms with Gasteiger partial charge in [0, 0.05) is 24.7 Å². The topological polar surface area (TPSA) is 69.3 Å². The number of nitrogens with one attached hydrogen (secondary N) is 1. The largest absolute Gasteiger partial charge is 0.493 e. The van der Waals surface area contributed by atoms with Gasteiger partial charge >= 0.3 is 5.97 Å². The number of carbonyl (C=O) groups is 1. The van der Waals surface area contributed by atoms with Crippen LogP contribution in [0.25, 0.3) is 0 Å². The molecule has 1 aromatic carbocycles. The van der Waals surface area contributed by atoms with Gasteiger partial charge in [0.05, 0.1) is 38.7 Å². The van der Waals surface area contributed by atoms with Gasteiger partial charge in [0.15, 0.2) is 17.2 Å². The van der Waals surface area contributed by atoms with Crippen LogP contribution in [0.15, 0.2) is 23.8 Å². The molecule has 5 aliphatic rings. The number of nitrogens with zero attached hydrogens (tertiary/aromatic N) is 1. The third-order valence-corrected chi connectivity index (χ3v) is 8.12. The molecule has 3 saturated heterocycles. The Hall–Kier alpha value is -2.25. The molecule has 4 heterocycles. The van der Waals surface area contributed by atoms with Crippen molar-refractivity contribution >= 4 is 11.7 Å². The molecule has 0 aromatic heterocycles. The molecule has 6 rings (SSSR count). The second-order valence-electron chi connectivity index (χ2n) is 8.76. The summed E-state index contributed by atoms with van der Waals surface area (Å²) in [7, 11) is 4.77. The number of allylic oxidation sites excluding steroid dienone is 1. The zero-order valence-corrected chi connectivity index (χ0v) is 17.2. The molecule has 6 atom stereocenters. The Morgan fingerprint density at radius 3 is 2.72 bits per heavy atom. The van der Waals surface area contributed by atoms with Gasteiger partial charge in [0.25, 0.3) is 0 Å². The van der Waals surface area contributed by atoms with E-state index in [4.69, 9.17) is 18.9 Å². The predicted molar refractivity (Wildman–Crippen MR) is 105 cm³/mol. The lowest BCUT2D eigenvalue weighted by molar-refractivity contribution is -0.161. The predicted octanol–water partition coefficient (Wildman–Crippen LogP) is 2.26. The van der Waals surface area contributed by atoms with Crippen LogP contribution < -0.4 is 14.8 Å². The van der Waals surface area contributed by atoms with Crippen molar-refractivity contribution in [3.05, 3.63) is 29.3 Å². The van der Waals surface area contributed by atoms with E-state index in [9.17, 15) is 4.79 Å². The molecule has 1 N–H and O–H groups in total. The van der Waals surface area contributed by atoms with Gasteiger partial charge in [-0.2, -0.15) is 0 Å². The van der Waals surface area contributed by atoms with Crippen LogP contribution in [0.1, 0.15) is 25.3 Å². The summed E-state index contributed by atoms with van der Waals surface area (Å²) >= 11 is 0. The van der Waals surface area contributed by atoms with Crippen molar-refractivity contribution in [3.8, 4) is 11.5 Å². The molecule has 1 saturated carbocycles. The average Bonchev–Trinajstić information content (AvgIpc) is 3.33. The molecule has 7 nitrogen and oxygen atoms in total. The lowest BCUT2D eigenvalue weighted by Gasteiger charge is -2.60. The highest BCUT2D eigenvalue weighted by atomic mass is 16.6. The van der Waals surface area contributed by atoms with E-state index in [1.165, 1.54) is 12.7 Å². The molecule has 0 radical (unpaired) electrons. The number of anilines is 1. The van der Waals surface area contributed by atoms with Crippen molar-refractivity contribution < 1.29 is 23.7 Å². The number of rotatable bonds is 3. The molecule has 29 heavy (non-hydrogen) atoms. The van der Waals surface area contributed by atoms with Crippen LogP contribution in [0.5, 0.6) is 11.5 Å². The Morgan fingerprint density at radius 1 is 1.28 bits per heavy atom. The Kier molecular flexibility index (Phi) is 3.31. The normalized spacial score (nSPS) is 41.9. The summed E-state index contributed by atoms with van der Waals surface area (Å²) in [6.07, 6.45) is 3.84. The minimum atomic E-state index is -0.619. The maximum Gasteiger partial charge on any atom is 0.310 e. The van der Waals surface area contributed by atoms with E-state index in [0.717, 1.165) is 30.6 Å². The Bertz CT molecular complexity index is 961. The molecule has 7 heteroatoms. The van der Waals surface area contributed by atoms with Crippen molar-refractivity contribution in [2.45, 2.75) is 43.2 Å². The molecule has 0 unspecified atom stereocenters. The van der Waals surface area contributed by atoms with Gasteiger partial charge in [0.2, 0.25) is 0 Å². The number of piperidine rings is 2. The molecule has 4 bridgehead atoms. The second kappa shape index (κ2) is 5.46. The van der Waals surface area contributed by atoms with Crippen LogP contribution in [-0.2, 0) is 19.7 Å². The molecule has 1 spiro atoms. The SMILES string of the molecule is C/C=C1/CN2[C@@H]3C[C@]45c6cc(OC)c(OC)cc6N[C@]4(O3)[C@@H]2C[C@@H]1[C@H]5C(=O)OC. The molecular weight excluding hydrogens is 372 g/mol. The molecule has 1 aliphatic carbocycles. The van der Waals surface area contributed by atoms with Crippen LogP contribution in [-0.4, -0.2) is 56.7 Å². The Morgan fingerprint density at radius 2 is 2.03 bits per heavy atom. The summed E-state index contributed by atoms with van der Waals surface area (Å²) in [5.41, 5.74) is 2.25. The number of esters is 1. The smallest absolute Gasteiger partial charge is 0.310 e. The molecule has 0 amide bonds. The standard InChI is InChI=1S/C22H26N2O5/c1-5-11-10-24-17-6-12(11)19(20(25)28-4)21-9-18(24)29-22(17,21)23-14-8-16(27-3)15(26-2)7-13(14)21/h5,7-8,12,17-19,23H,6,9-10H2,1-4H3/b11-5-/t12-,17-,18-,19-,21+,22-/m0/s1. The van der Waals surface area contributed by atoms with E-state index in [1.807, 2.05) is 12.1 Å². The van der Waals surface area contributed by atoms with Crippen molar-refractivity contribution in [3.63, 3.8) is 0 Å². The van der Waals surface area contributed by atoms with Crippen molar-refractivity contribution in [1.29, 1.82) is 0 Å². The maximum absolute atomic E-state index is 13.3. The van der Waals surface area contributed by atoms with Crippen molar-refractivity contribution in [2.24, 2.45) is 11.8 Å². The third kappa shape index (κ3) is 1.73. The van der Waals surface area contributed by atoms with Crippen LogP contribution in [0.3, 0.4) is 0 Å². The lowest BCUT2D eigenvalue weighted by Crippen LogP contribution is -2.73. The Labute approximate surface area is 169 Å². The summed E-state index contributed by atoms with van der Waals surface area (Å²) in [5.74, 6) is 1.05. The van der Waals surface area contributed by atoms with Gasteiger partial charge in [-0.3, -0.25) is 9.69 Å². The monoisotopic (exact) mass is 398 g/mol. The van der Waals surface area contributed by atoms with E-state index in [2.05, 4.69) is 23.2 Å². The van der Waals surface area contributed by atoms with Crippen LogP contribution in [0.4, 0.5) is 5.69 Å². The third-order valence-electron chi connectivity index (χ3n) is 8.12. The molecule has 4 aliphatic heterocycles. The van der Waals surface area contributed by atoms with Crippen LogP contribution >= 0.6 is 0 Å². The molecule has 4 fully saturated rings.